The number of nitrogens with zero attached hydrogens (tertiary/aromatic N) is 1. The average Bonchev–Trinajstić information content (AvgIpc) is 2.78. The topological polar surface area (TPSA) is 48.1 Å². The van der Waals surface area contributed by atoms with Gasteiger partial charge in [-0.05, 0) is 55.9 Å². The summed E-state index contributed by atoms with van der Waals surface area (Å²) in [7, 11) is 0. The number of hydrogen-bond donors (Lipinski definition) is 1. The zero-order valence-corrected chi connectivity index (χ0v) is 13.3. The zero-order valence-electron chi connectivity index (χ0n) is 12.5. The second-order valence-electron chi connectivity index (χ2n) is 5.52. The Hall–Kier alpha value is -1.39. The smallest absolute Gasteiger partial charge is 0.137 e. The Kier molecular flexibility index (Phi) is 4.56. The maximum atomic E-state index is 6.45. The van der Waals surface area contributed by atoms with E-state index in [0.29, 0.717) is 6.61 Å². The first-order valence-electron chi connectivity index (χ1n) is 7.72. The van der Waals surface area contributed by atoms with E-state index in [0.717, 1.165) is 11.3 Å². The molecule has 0 radical (unpaired) electrons. The predicted molar refractivity (Wildman–Crippen MR) is 87.0 cm³/mol. The van der Waals surface area contributed by atoms with Crippen LogP contribution in [0.25, 0.3) is 0 Å². The van der Waals surface area contributed by atoms with Crippen molar-refractivity contribution in [2.45, 2.75) is 45.1 Å². The molecule has 0 bridgehead atoms. The fourth-order valence-corrected chi connectivity index (χ4v) is 4.15. The first kappa shape index (κ1) is 14.5. The summed E-state index contributed by atoms with van der Waals surface area (Å²) in [6, 6.07) is 4.21. The Morgan fingerprint density at radius 2 is 2.10 bits per heavy atom. The van der Waals surface area contributed by atoms with Crippen molar-refractivity contribution in [3.8, 4) is 5.75 Å². The summed E-state index contributed by atoms with van der Waals surface area (Å²) < 4.78 is 5.52. The molecule has 2 N–H and O–H groups in total. The molecule has 1 unspecified atom stereocenters. The van der Waals surface area contributed by atoms with Gasteiger partial charge in [0.15, 0.2) is 0 Å². The van der Waals surface area contributed by atoms with Crippen molar-refractivity contribution < 1.29 is 4.74 Å². The monoisotopic (exact) mass is 302 g/mol. The Labute approximate surface area is 130 Å². The van der Waals surface area contributed by atoms with E-state index in [-0.39, 0.29) is 6.04 Å². The molecule has 1 aliphatic rings. The van der Waals surface area contributed by atoms with Crippen molar-refractivity contribution in [3.05, 3.63) is 45.4 Å². The number of pyridine rings is 1. The molecule has 0 amide bonds. The average molecular weight is 302 g/mol. The highest BCUT2D eigenvalue weighted by molar-refractivity contribution is 7.12. The Morgan fingerprint density at radius 1 is 1.24 bits per heavy atom. The zero-order chi connectivity index (χ0) is 14.7. The molecule has 0 aromatic carbocycles. The summed E-state index contributed by atoms with van der Waals surface area (Å²) >= 11 is 1.88. The van der Waals surface area contributed by atoms with Crippen molar-refractivity contribution in [1.29, 1.82) is 0 Å². The summed E-state index contributed by atoms with van der Waals surface area (Å²) in [5.41, 5.74) is 8.98. The number of fused-ring (bicyclic) bond motifs is 1. The van der Waals surface area contributed by atoms with Crippen LogP contribution in [0.4, 0.5) is 0 Å². The van der Waals surface area contributed by atoms with E-state index in [2.05, 4.69) is 11.1 Å². The van der Waals surface area contributed by atoms with Gasteiger partial charge < -0.3 is 10.5 Å². The molecule has 21 heavy (non-hydrogen) atoms. The fourth-order valence-electron chi connectivity index (χ4n) is 2.86. The van der Waals surface area contributed by atoms with Gasteiger partial charge in [-0.15, -0.1) is 11.3 Å². The summed E-state index contributed by atoms with van der Waals surface area (Å²) in [6.45, 7) is 2.62. The van der Waals surface area contributed by atoms with E-state index in [1.54, 1.807) is 6.20 Å². The molecular weight excluding hydrogens is 280 g/mol. The van der Waals surface area contributed by atoms with Crippen molar-refractivity contribution in [3.63, 3.8) is 0 Å². The van der Waals surface area contributed by atoms with Gasteiger partial charge in [-0.2, -0.15) is 0 Å². The van der Waals surface area contributed by atoms with Crippen LogP contribution < -0.4 is 10.5 Å². The number of aryl methyl sites for hydroxylation is 2. The first-order valence-corrected chi connectivity index (χ1v) is 8.54. The maximum absolute atomic E-state index is 6.45. The quantitative estimate of drug-likeness (QED) is 0.872. The van der Waals surface area contributed by atoms with Crippen LogP contribution in [0, 0.1) is 0 Å². The number of rotatable bonds is 4. The number of hydrogen-bond acceptors (Lipinski definition) is 4. The molecule has 3 rings (SSSR count). The third kappa shape index (κ3) is 3.27. The van der Waals surface area contributed by atoms with Crippen LogP contribution in [-0.2, 0) is 12.8 Å². The van der Waals surface area contributed by atoms with Crippen molar-refractivity contribution >= 4 is 11.3 Å². The lowest BCUT2D eigenvalue weighted by molar-refractivity contribution is 0.338. The lowest BCUT2D eigenvalue weighted by Gasteiger charge is -2.11. The van der Waals surface area contributed by atoms with Crippen LogP contribution >= 0.6 is 11.3 Å². The summed E-state index contributed by atoms with van der Waals surface area (Å²) in [5, 5.41) is 0. The molecule has 1 aliphatic carbocycles. The van der Waals surface area contributed by atoms with E-state index in [9.17, 15) is 0 Å². The minimum absolute atomic E-state index is 0.102. The Bertz CT molecular complexity index is 585. The molecule has 0 spiro atoms. The van der Waals surface area contributed by atoms with Crippen LogP contribution in [0.5, 0.6) is 5.75 Å². The van der Waals surface area contributed by atoms with Gasteiger partial charge in [-0.1, -0.05) is 6.42 Å². The van der Waals surface area contributed by atoms with Crippen LogP contribution in [0.1, 0.15) is 53.1 Å². The lowest BCUT2D eigenvalue weighted by atomic mass is 10.1. The molecule has 1 atom stereocenters. The predicted octanol–water partition coefficient (Wildman–Crippen LogP) is 3.86. The van der Waals surface area contributed by atoms with Crippen molar-refractivity contribution in [1.82, 2.24) is 4.98 Å². The highest BCUT2D eigenvalue weighted by atomic mass is 32.1. The molecule has 0 fully saturated rings. The second kappa shape index (κ2) is 6.58. The van der Waals surface area contributed by atoms with E-state index in [4.69, 9.17) is 10.5 Å². The molecule has 112 valence electrons. The standard InChI is InChI=1S/C17H22N2OS/c1-2-20-14-8-13(10-19-11-14)17(18)16-9-12-6-4-3-5-7-15(12)21-16/h8-11,17H,2-7,18H2,1H3. The Morgan fingerprint density at radius 3 is 2.95 bits per heavy atom. The highest BCUT2D eigenvalue weighted by Crippen LogP contribution is 2.34. The van der Waals surface area contributed by atoms with E-state index >= 15 is 0 Å². The summed E-state index contributed by atoms with van der Waals surface area (Å²) in [5.74, 6) is 0.795. The SMILES string of the molecule is CCOc1cncc(C(N)c2cc3c(s2)CCCCC3)c1. The number of aromatic nitrogens is 1. The van der Waals surface area contributed by atoms with Gasteiger partial charge in [-0.25, -0.2) is 0 Å². The van der Waals surface area contributed by atoms with Crippen LogP contribution in [-0.4, -0.2) is 11.6 Å². The third-order valence-electron chi connectivity index (χ3n) is 3.98. The third-order valence-corrected chi connectivity index (χ3v) is 5.30. The van der Waals surface area contributed by atoms with Gasteiger partial charge in [0.25, 0.3) is 0 Å². The second-order valence-corrected chi connectivity index (χ2v) is 6.69. The lowest BCUT2D eigenvalue weighted by Crippen LogP contribution is -2.11. The summed E-state index contributed by atoms with van der Waals surface area (Å²) in [6.07, 6.45) is 9.97. The van der Waals surface area contributed by atoms with Crippen molar-refractivity contribution in [2.75, 3.05) is 6.61 Å². The van der Waals surface area contributed by atoms with Crippen molar-refractivity contribution in [2.24, 2.45) is 5.73 Å². The molecule has 0 saturated heterocycles. The van der Waals surface area contributed by atoms with Gasteiger partial charge in [0.2, 0.25) is 0 Å². The molecule has 3 nitrogen and oxygen atoms in total. The minimum Gasteiger partial charge on any atom is -0.492 e. The van der Waals surface area contributed by atoms with Gasteiger partial charge in [0.05, 0.1) is 18.8 Å². The van der Waals surface area contributed by atoms with Crippen LogP contribution in [0.3, 0.4) is 0 Å². The first-order chi connectivity index (χ1) is 10.3. The molecule has 4 heteroatoms. The molecule has 2 aromatic heterocycles. The Balaban J connectivity index is 1.84. The molecule has 2 heterocycles. The molecule has 0 aliphatic heterocycles. The number of ether oxygens (including phenoxy) is 1. The van der Waals surface area contributed by atoms with E-state index in [1.807, 2.05) is 30.5 Å². The van der Waals surface area contributed by atoms with Gasteiger partial charge in [-0.3, -0.25) is 4.98 Å². The van der Waals surface area contributed by atoms with Crippen LogP contribution in [0.15, 0.2) is 24.5 Å². The number of thiophene rings is 1. The van der Waals surface area contributed by atoms with Crippen LogP contribution in [0.2, 0.25) is 0 Å². The molecular formula is C17H22N2OS. The maximum Gasteiger partial charge on any atom is 0.137 e. The van der Waals surface area contributed by atoms with Gasteiger partial charge in [0.1, 0.15) is 5.75 Å². The number of nitrogens with two attached hydrogens (primary N) is 1. The fraction of sp³-hybridized carbons (Fsp3) is 0.471. The van der Waals surface area contributed by atoms with E-state index < -0.39 is 0 Å². The largest absolute Gasteiger partial charge is 0.492 e. The summed E-state index contributed by atoms with van der Waals surface area (Å²) in [4.78, 5) is 7.03. The normalized spacial score (nSPS) is 16.1. The molecule has 2 aromatic rings. The highest BCUT2D eigenvalue weighted by Gasteiger charge is 2.18. The molecule has 0 saturated carbocycles. The minimum atomic E-state index is -0.102. The van der Waals surface area contributed by atoms with Gasteiger partial charge >= 0.3 is 0 Å². The van der Waals surface area contributed by atoms with E-state index in [1.165, 1.54) is 47.4 Å². The van der Waals surface area contributed by atoms with Gasteiger partial charge in [0, 0.05) is 16.0 Å².